The normalized spacial score (nSPS) is 16.1. The Labute approximate surface area is 150 Å². The van der Waals surface area contributed by atoms with Crippen LogP contribution in [0.3, 0.4) is 0 Å². The fourth-order valence-corrected chi connectivity index (χ4v) is 3.32. The third kappa shape index (κ3) is 2.81. The van der Waals surface area contributed by atoms with Gasteiger partial charge < -0.3 is 19.2 Å². The van der Waals surface area contributed by atoms with Crippen LogP contribution in [0.25, 0.3) is 0 Å². The van der Waals surface area contributed by atoms with Gasteiger partial charge in [-0.15, -0.1) is 0 Å². The first kappa shape index (κ1) is 16.3. The number of fused-ring (bicyclic) bond motifs is 1. The van der Waals surface area contributed by atoms with E-state index in [1.807, 2.05) is 30.3 Å². The average molecular weight is 353 g/mol. The Kier molecular flexibility index (Phi) is 4.12. The molecular formula is C19H19N3O4. The van der Waals surface area contributed by atoms with Crippen LogP contribution in [0.15, 0.2) is 47.2 Å². The minimum Gasteiger partial charge on any atom is -0.497 e. The summed E-state index contributed by atoms with van der Waals surface area (Å²) in [5.41, 5.74) is 1.89. The second kappa shape index (κ2) is 6.59. The minimum absolute atomic E-state index is 0.0541. The summed E-state index contributed by atoms with van der Waals surface area (Å²) in [4.78, 5) is 12.3. The van der Waals surface area contributed by atoms with Crippen molar-refractivity contribution in [3.8, 4) is 11.5 Å². The highest BCUT2D eigenvalue weighted by atomic mass is 16.5. The zero-order chi connectivity index (χ0) is 18.1. The molecule has 0 radical (unpaired) electrons. The number of carbonyl (C=O) groups is 1. The number of anilines is 1. The largest absolute Gasteiger partial charge is 0.497 e. The van der Waals surface area contributed by atoms with Gasteiger partial charge >= 0.3 is 0 Å². The van der Waals surface area contributed by atoms with Gasteiger partial charge in [-0.1, -0.05) is 6.07 Å². The first-order valence-electron chi connectivity index (χ1n) is 8.29. The number of benzene rings is 1. The van der Waals surface area contributed by atoms with Crippen LogP contribution in [0.4, 0.5) is 5.82 Å². The Hall–Kier alpha value is -3.22. The van der Waals surface area contributed by atoms with Gasteiger partial charge in [-0.05, 0) is 18.2 Å². The van der Waals surface area contributed by atoms with E-state index in [0.29, 0.717) is 30.3 Å². The first-order chi connectivity index (χ1) is 12.7. The van der Waals surface area contributed by atoms with Crippen molar-refractivity contribution in [3.05, 3.63) is 59.7 Å². The fraction of sp³-hybridized carbons (Fsp3) is 0.263. The molecule has 7 heteroatoms. The number of methoxy groups -OCH3 is 2. The van der Waals surface area contributed by atoms with Crippen LogP contribution in [0, 0.1) is 0 Å². The molecular weight excluding hydrogens is 334 g/mol. The highest BCUT2D eigenvalue weighted by molar-refractivity contribution is 5.94. The number of nitrogens with zero attached hydrogens (tertiary/aromatic N) is 2. The number of carbonyl (C=O) groups excluding carboxylic acids is 1. The van der Waals surface area contributed by atoms with E-state index in [1.54, 1.807) is 31.4 Å². The zero-order valence-corrected chi connectivity index (χ0v) is 14.6. The molecule has 3 aromatic rings. The summed E-state index contributed by atoms with van der Waals surface area (Å²) in [5, 5.41) is 7.38. The predicted octanol–water partition coefficient (Wildman–Crippen LogP) is 3.02. The second-order valence-electron chi connectivity index (χ2n) is 6.10. The van der Waals surface area contributed by atoms with Gasteiger partial charge in [0.25, 0.3) is 0 Å². The van der Waals surface area contributed by atoms with Gasteiger partial charge in [0.2, 0.25) is 5.91 Å². The van der Waals surface area contributed by atoms with Crippen LogP contribution in [0.2, 0.25) is 0 Å². The second-order valence-corrected chi connectivity index (χ2v) is 6.10. The Balaban J connectivity index is 1.74. The predicted molar refractivity (Wildman–Crippen MR) is 94.7 cm³/mol. The summed E-state index contributed by atoms with van der Waals surface area (Å²) < 4.78 is 17.9. The lowest BCUT2D eigenvalue weighted by molar-refractivity contribution is -0.116. The summed E-state index contributed by atoms with van der Waals surface area (Å²) in [7, 11) is 3.22. The zero-order valence-electron chi connectivity index (χ0n) is 14.6. The number of furan rings is 1. The first-order valence-corrected chi connectivity index (χ1v) is 8.29. The maximum atomic E-state index is 12.3. The Morgan fingerprint density at radius 1 is 1.27 bits per heavy atom. The molecule has 2 aromatic heterocycles. The van der Waals surface area contributed by atoms with E-state index < -0.39 is 0 Å². The summed E-state index contributed by atoms with van der Waals surface area (Å²) in [6.07, 6.45) is 3.75. The molecule has 0 unspecified atom stereocenters. The number of rotatable bonds is 5. The van der Waals surface area contributed by atoms with E-state index >= 15 is 0 Å². The molecule has 0 bridgehead atoms. The van der Waals surface area contributed by atoms with Crippen LogP contribution in [0.5, 0.6) is 11.5 Å². The molecule has 1 N–H and O–H groups in total. The third-order valence-electron chi connectivity index (χ3n) is 4.59. The number of nitrogens with one attached hydrogen (secondary N) is 1. The minimum atomic E-state index is -0.134. The van der Waals surface area contributed by atoms with Crippen LogP contribution in [0.1, 0.15) is 29.2 Å². The van der Waals surface area contributed by atoms with Crippen molar-refractivity contribution in [2.75, 3.05) is 19.5 Å². The van der Waals surface area contributed by atoms with E-state index in [0.717, 1.165) is 16.9 Å². The number of ether oxygens (including phenoxy) is 2. The number of aromatic nitrogens is 2. The molecule has 0 saturated heterocycles. The van der Waals surface area contributed by atoms with E-state index in [2.05, 4.69) is 10.4 Å². The summed E-state index contributed by atoms with van der Waals surface area (Å²) >= 11 is 0. The Morgan fingerprint density at radius 3 is 2.88 bits per heavy atom. The molecule has 7 nitrogen and oxygen atoms in total. The van der Waals surface area contributed by atoms with Crippen LogP contribution < -0.4 is 14.8 Å². The maximum absolute atomic E-state index is 12.3. The van der Waals surface area contributed by atoms with E-state index in [4.69, 9.17) is 13.9 Å². The molecule has 1 aliphatic heterocycles. The Bertz CT molecular complexity index is 930. The molecule has 1 aliphatic rings. The molecule has 0 fully saturated rings. The lowest BCUT2D eigenvalue weighted by Crippen LogP contribution is -2.25. The van der Waals surface area contributed by atoms with Gasteiger partial charge in [0.1, 0.15) is 29.6 Å². The van der Waals surface area contributed by atoms with Crippen LogP contribution in [-0.2, 0) is 11.3 Å². The summed E-state index contributed by atoms with van der Waals surface area (Å²) in [6.45, 7) is 0.453. The molecule has 134 valence electrons. The highest BCUT2D eigenvalue weighted by Crippen LogP contribution is 2.41. The molecule has 0 spiro atoms. The van der Waals surface area contributed by atoms with Crippen molar-refractivity contribution < 1.29 is 18.7 Å². The van der Waals surface area contributed by atoms with E-state index in [1.165, 1.54) is 0 Å². The number of hydrogen-bond donors (Lipinski definition) is 1. The SMILES string of the molecule is COc1ccc([C@H]2CC(=O)Nc3c2cnn3Cc2ccco2)c(OC)c1. The molecule has 4 rings (SSSR count). The average Bonchev–Trinajstić information content (AvgIpc) is 3.31. The fourth-order valence-electron chi connectivity index (χ4n) is 3.32. The van der Waals surface area contributed by atoms with Gasteiger partial charge in [-0.2, -0.15) is 5.10 Å². The van der Waals surface area contributed by atoms with Crippen molar-refractivity contribution >= 4 is 11.7 Å². The monoisotopic (exact) mass is 353 g/mol. The van der Waals surface area contributed by atoms with Gasteiger partial charge in [0, 0.05) is 29.5 Å². The van der Waals surface area contributed by atoms with Crippen molar-refractivity contribution in [2.45, 2.75) is 18.9 Å². The van der Waals surface area contributed by atoms with Crippen molar-refractivity contribution in [1.29, 1.82) is 0 Å². The summed E-state index contributed by atoms with van der Waals surface area (Å²) in [6, 6.07) is 9.35. The lowest BCUT2D eigenvalue weighted by Gasteiger charge is -2.25. The maximum Gasteiger partial charge on any atom is 0.226 e. The summed E-state index contributed by atoms with van der Waals surface area (Å²) in [5.74, 6) is 2.68. The Morgan fingerprint density at radius 2 is 2.15 bits per heavy atom. The highest BCUT2D eigenvalue weighted by Gasteiger charge is 2.32. The van der Waals surface area contributed by atoms with Crippen molar-refractivity contribution in [2.24, 2.45) is 0 Å². The quantitative estimate of drug-likeness (QED) is 0.763. The smallest absolute Gasteiger partial charge is 0.226 e. The van der Waals surface area contributed by atoms with E-state index in [-0.39, 0.29) is 11.8 Å². The molecule has 1 aromatic carbocycles. The lowest BCUT2D eigenvalue weighted by atomic mass is 9.86. The topological polar surface area (TPSA) is 78.5 Å². The van der Waals surface area contributed by atoms with Gasteiger partial charge in [0.15, 0.2) is 0 Å². The van der Waals surface area contributed by atoms with Crippen LogP contribution >= 0.6 is 0 Å². The van der Waals surface area contributed by atoms with Crippen molar-refractivity contribution in [3.63, 3.8) is 0 Å². The molecule has 0 saturated carbocycles. The van der Waals surface area contributed by atoms with Gasteiger partial charge in [-0.25, -0.2) is 4.68 Å². The van der Waals surface area contributed by atoms with Gasteiger partial charge in [0.05, 0.1) is 26.7 Å². The molecule has 0 aliphatic carbocycles. The molecule has 26 heavy (non-hydrogen) atoms. The molecule has 1 atom stereocenters. The number of amides is 1. The van der Waals surface area contributed by atoms with Gasteiger partial charge in [-0.3, -0.25) is 4.79 Å². The van der Waals surface area contributed by atoms with Crippen molar-refractivity contribution in [1.82, 2.24) is 9.78 Å². The third-order valence-corrected chi connectivity index (χ3v) is 4.59. The standard InChI is InChI=1S/C19H19N3O4/c1-24-12-5-6-14(17(8-12)25-2)15-9-18(23)21-19-16(15)10-20-22(19)11-13-4-3-7-26-13/h3-8,10,15H,9,11H2,1-2H3,(H,21,23)/t15-/m1/s1. The van der Waals surface area contributed by atoms with Crippen LogP contribution in [-0.4, -0.2) is 29.9 Å². The number of hydrogen-bond acceptors (Lipinski definition) is 5. The molecule has 1 amide bonds. The molecule has 3 heterocycles. The van der Waals surface area contributed by atoms with E-state index in [9.17, 15) is 4.79 Å².